The SMILES string of the molecule is C.C.C=C(C)[C@H]1CCC2C3CCC4=CC(=O)CC[C@]4(C)C3CC[C@@]21C.C=C(C)[C@H]1CCC2C3CCC4=C[C@@H](O)CC[C@]4(C)C3CC[C@@]21C.C[C@@]12CCCCC1=CC(=O)CC2.C[C@@]12CCCCC1=C[C@@H](O)CC2.C[C@@]12CCCCC1=C[C@@H](O)CC2. The van der Waals surface area contributed by atoms with Gasteiger partial charge in [-0.25, -0.2) is 0 Å². The average molecular weight is 1160 g/mol. The Labute approximate surface area is 515 Å². The van der Waals surface area contributed by atoms with Crippen molar-refractivity contribution < 1.29 is 24.9 Å². The van der Waals surface area contributed by atoms with Crippen LogP contribution in [0.4, 0.5) is 0 Å². The smallest absolute Gasteiger partial charge is 0.155 e. The Morgan fingerprint density at radius 1 is 0.381 bits per heavy atom. The number of allylic oxidation sites excluding steroid dienone is 8. The number of hydrogen-bond acceptors (Lipinski definition) is 5. The number of rotatable bonds is 2. The Morgan fingerprint density at radius 2 is 0.762 bits per heavy atom. The molecule has 14 aliphatic rings. The Hall–Kier alpha value is -2.60. The van der Waals surface area contributed by atoms with Crippen LogP contribution >= 0.6 is 0 Å². The van der Waals surface area contributed by atoms with E-state index in [9.17, 15) is 24.9 Å². The third-order valence-electron chi connectivity index (χ3n) is 27.9. The van der Waals surface area contributed by atoms with Crippen LogP contribution in [0.3, 0.4) is 0 Å². The normalized spacial score (nSPS) is 44.8. The van der Waals surface area contributed by atoms with E-state index in [0.717, 1.165) is 92.3 Å². The van der Waals surface area contributed by atoms with Gasteiger partial charge in [-0.1, -0.05) is 153 Å². The predicted octanol–water partition coefficient (Wildman–Crippen LogP) is 20.6. The van der Waals surface area contributed by atoms with Crippen molar-refractivity contribution in [3.63, 3.8) is 0 Å². The van der Waals surface area contributed by atoms with E-state index in [-0.39, 0.29) is 33.2 Å². The minimum atomic E-state index is -0.178. The topological polar surface area (TPSA) is 94.8 Å². The average Bonchev–Trinajstić information content (AvgIpc) is 1.50. The number of aliphatic hydroxyl groups excluding tert-OH is 3. The fourth-order valence-corrected chi connectivity index (χ4v) is 22.7. The fourth-order valence-electron chi connectivity index (χ4n) is 22.7. The van der Waals surface area contributed by atoms with Crippen molar-refractivity contribution in [2.45, 2.75) is 314 Å². The maximum absolute atomic E-state index is 11.9. The summed E-state index contributed by atoms with van der Waals surface area (Å²) in [6.45, 7) is 30.4. The highest BCUT2D eigenvalue weighted by Gasteiger charge is 2.61. The number of carbonyl (C=O) groups excluding carboxylic acids is 2. The Morgan fingerprint density at radius 3 is 1.23 bits per heavy atom. The quantitative estimate of drug-likeness (QED) is 0.240. The van der Waals surface area contributed by atoms with Gasteiger partial charge in [0.15, 0.2) is 11.6 Å². The van der Waals surface area contributed by atoms with Crippen molar-refractivity contribution in [1.29, 1.82) is 0 Å². The van der Waals surface area contributed by atoms with Crippen molar-refractivity contribution in [2.24, 2.45) is 85.2 Å². The zero-order valence-electron chi connectivity index (χ0n) is 53.9. The minimum Gasteiger partial charge on any atom is -0.389 e. The van der Waals surface area contributed by atoms with E-state index in [2.05, 4.69) is 93.7 Å². The first-order valence-electron chi connectivity index (χ1n) is 34.8. The van der Waals surface area contributed by atoms with Gasteiger partial charge in [0.1, 0.15) is 0 Å². The van der Waals surface area contributed by atoms with Crippen LogP contribution in [-0.2, 0) is 9.59 Å². The molecule has 14 aliphatic carbocycles. The third-order valence-corrected chi connectivity index (χ3v) is 27.9. The molecule has 0 aliphatic heterocycles. The Balaban J connectivity index is 0.000000141. The zero-order valence-corrected chi connectivity index (χ0v) is 53.9. The van der Waals surface area contributed by atoms with Crippen molar-refractivity contribution in [3.05, 3.63) is 82.5 Å². The van der Waals surface area contributed by atoms with Gasteiger partial charge >= 0.3 is 0 Å². The molecule has 6 unspecified atom stereocenters. The summed E-state index contributed by atoms with van der Waals surface area (Å²) in [5.74, 6) is 7.49. The van der Waals surface area contributed by atoms with Crippen molar-refractivity contribution in [3.8, 4) is 0 Å². The highest BCUT2D eigenvalue weighted by Crippen LogP contribution is 2.69. The maximum atomic E-state index is 11.9. The Bertz CT molecular complexity index is 2510. The molecule has 0 radical (unpaired) electrons. The number of carbonyl (C=O) groups is 2. The number of ketones is 2. The number of fused-ring (bicyclic) bond motifs is 13. The van der Waals surface area contributed by atoms with Gasteiger partial charge in [-0.3, -0.25) is 9.59 Å². The molecule has 0 spiro atoms. The highest BCUT2D eigenvalue weighted by atomic mass is 16.3. The van der Waals surface area contributed by atoms with Gasteiger partial charge in [-0.2, -0.15) is 0 Å². The van der Waals surface area contributed by atoms with E-state index < -0.39 is 0 Å². The maximum Gasteiger partial charge on any atom is 0.155 e. The molecule has 0 bridgehead atoms. The second kappa shape index (κ2) is 26.5. The summed E-state index contributed by atoms with van der Waals surface area (Å²) in [5.41, 5.74) is 13.4. The molecule has 84 heavy (non-hydrogen) atoms. The molecule has 18 atom stereocenters. The first-order chi connectivity index (χ1) is 38.8. The molecule has 14 rings (SSSR count). The molecular weight excluding hydrogens is 1030 g/mol. The lowest BCUT2D eigenvalue weighted by Crippen LogP contribution is -2.50. The monoisotopic (exact) mass is 1150 g/mol. The van der Waals surface area contributed by atoms with Gasteiger partial charge < -0.3 is 15.3 Å². The largest absolute Gasteiger partial charge is 0.389 e. The van der Waals surface area contributed by atoms with Crippen molar-refractivity contribution in [1.82, 2.24) is 0 Å². The van der Waals surface area contributed by atoms with Gasteiger partial charge in [-0.15, -0.1) is 0 Å². The standard InChI is InChI=1S/C22H34O.C22H32O.2C11H18O.C11H16O.2CH4/c2*1-14(2)18-7-8-19-17-6-5-15-13-16(23)9-11-21(15,3)20(17)10-12-22(18,19)4;3*1-11-6-3-2-4-9(11)8-10(12)5-7-11;;/h13,16-20,23H,1,5-12H2,2-4H3;13,17-20H,1,5-12H2,2-4H3;2*8,10,12H,2-7H2,1H3;8H,2-7H2,1H3;2*1H4/t16-,17?,18+,19?,20?,21-,22+;17?,18-,19?,20?,21+,22-;2*10-,11-;11-;;/m01000../s1. The zero-order chi connectivity index (χ0) is 58.6. The molecule has 9 saturated carbocycles. The molecular formula is C79H126O5. The van der Waals surface area contributed by atoms with Crippen molar-refractivity contribution in [2.75, 3.05) is 0 Å². The Kier molecular flexibility index (Phi) is 21.2. The van der Waals surface area contributed by atoms with Crippen LogP contribution in [0.15, 0.2) is 82.5 Å². The fraction of sp³-hybridized carbons (Fsp3) is 0.797. The van der Waals surface area contributed by atoms with Crippen LogP contribution in [0.5, 0.6) is 0 Å². The number of aliphatic hydroxyl groups is 3. The van der Waals surface area contributed by atoms with Crippen LogP contribution in [0.25, 0.3) is 0 Å². The van der Waals surface area contributed by atoms with Crippen LogP contribution in [0, 0.1) is 85.2 Å². The molecule has 0 saturated heterocycles. The lowest BCUT2D eigenvalue weighted by atomic mass is 9.46. The first kappa shape index (κ1) is 67.3. The van der Waals surface area contributed by atoms with Gasteiger partial charge in [0.2, 0.25) is 0 Å². The lowest BCUT2D eigenvalue weighted by Gasteiger charge is -2.58. The molecule has 5 nitrogen and oxygen atoms in total. The molecule has 5 heteroatoms. The van der Waals surface area contributed by atoms with E-state index in [1.165, 1.54) is 207 Å². The highest BCUT2D eigenvalue weighted by molar-refractivity contribution is 5.92. The molecule has 0 aromatic heterocycles. The van der Waals surface area contributed by atoms with Crippen LogP contribution in [-0.4, -0.2) is 45.2 Å². The van der Waals surface area contributed by atoms with Crippen molar-refractivity contribution >= 4 is 11.6 Å². The molecule has 9 fully saturated rings. The van der Waals surface area contributed by atoms with E-state index in [4.69, 9.17) is 0 Å². The second-order valence-electron chi connectivity index (χ2n) is 32.7. The summed E-state index contributed by atoms with van der Waals surface area (Å²) in [4.78, 5) is 23.1. The molecule has 0 aromatic rings. The summed E-state index contributed by atoms with van der Waals surface area (Å²) in [6.07, 6.45) is 52.0. The van der Waals surface area contributed by atoms with Crippen LogP contribution in [0.2, 0.25) is 0 Å². The second-order valence-corrected chi connectivity index (χ2v) is 32.7. The van der Waals surface area contributed by atoms with E-state index in [1.54, 1.807) is 5.57 Å². The predicted molar refractivity (Wildman–Crippen MR) is 353 cm³/mol. The van der Waals surface area contributed by atoms with Gasteiger partial charge in [0, 0.05) is 12.8 Å². The number of hydrogen-bond donors (Lipinski definition) is 3. The summed E-state index contributed by atoms with van der Waals surface area (Å²) in [5, 5.41) is 29.0. The molecule has 0 aromatic carbocycles. The first-order valence-corrected chi connectivity index (χ1v) is 34.8. The third kappa shape index (κ3) is 13.0. The lowest BCUT2D eigenvalue weighted by molar-refractivity contribution is -0.117. The van der Waals surface area contributed by atoms with Crippen LogP contribution in [0.1, 0.15) is 295 Å². The molecule has 472 valence electrons. The molecule has 0 amide bonds. The molecule has 0 heterocycles. The van der Waals surface area contributed by atoms with Gasteiger partial charge in [0.05, 0.1) is 18.3 Å². The van der Waals surface area contributed by atoms with E-state index >= 15 is 0 Å². The van der Waals surface area contributed by atoms with Gasteiger partial charge in [0.25, 0.3) is 0 Å². The van der Waals surface area contributed by atoms with Crippen LogP contribution < -0.4 is 0 Å². The molecule has 3 N–H and O–H groups in total. The van der Waals surface area contributed by atoms with E-state index in [0.29, 0.717) is 49.5 Å². The van der Waals surface area contributed by atoms with Gasteiger partial charge in [-0.05, 0) is 297 Å². The summed E-state index contributed by atoms with van der Waals surface area (Å²) >= 11 is 0. The van der Waals surface area contributed by atoms with E-state index in [1.807, 2.05) is 12.2 Å². The summed E-state index contributed by atoms with van der Waals surface area (Å²) in [7, 11) is 0. The summed E-state index contributed by atoms with van der Waals surface area (Å²) < 4.78 is 0. The summed E-state index contributed by atoms with van der Waals surface area (Å²) in [6, 6.07) is 0. The minimum absolute atomic E-state index is 0.